The predicted octanol–water partition coefficient (Wildman–Crippen LogP) is 3.55. The van der Waals surface area contributed by atoms with Gasteiger partial charge in [-0.3, -0.25) is 14.5 Å². The van der Waals surface area contributed by atoms with E-state index >= 15 is 0 Å². The van der Waals surface area contributed by atoms with Crippen molar-refractivity contribution in [2.75, 3.05) is 33.4 Å². The summed E-state index contributed by atoms with van der Waals surface area (Å²) in [6, 6.07) is 7.68. The third-order valence-electron chi connectivity index (χ3n) is 10.9. The molecule has 7 rings (SSSR count). The molecule has 5 unspecified atom stereocenters. The Labute approximate surface area is 208 Å². The average molecular weight is 479 g/mol. The van der Waals surface area contributed by atoms with Crippen LogP contribution in [0.25, 0.3) is 0 Å². The lowest BCUT2D eigenvalue weighted by Crippen LogP contribution is -2.70. The van der Waals surface area contributed by atoms with Crippen LogP contribution >= 0.6 is 0 Å². The summed E-state index contributed by atoms with van der Waals surface area (Å²) in [5, 5.41) is 0. The third kappa shape index (κ3) is 2.92. The first kappa shape index (κ1) is 22.1. The lowest BCUT2D eigenvalue weighted by atomic mass is 9.43. The molecule has 0 N–H and O–H groups in total. The highest BCUT2D eigenvalue weighted by atomic mass is 16.5. The fraction of sp³-hybridized carbons (Fsp3) is 0.724. The molecule has 2 heterocycles. The molecular formula is C29H38N2O4. The molecule has 2 aliphatic heterocycles. The van der Waals surface area contributed by atoms with Gasteiger partial charge in [-0.05, 0) is 105 Å². The van der Waals surface area contributed by atoms with Crippen molar-refractivity contribution in [3.05, 3.63) is 29.3 Å². The summed E-state index contributed by atoms with van der Waals surface area (Å²) in [5.41, 5.74) is 3.45. The number of amides is 1. The Hall–Kier alpha value is -2.08. The minimum absolute atomic E-state index is 0.0313. The number of carbonyl (C=O) groups is 2. The van der Waals surface area contributed by atoms with E-state index in [1.165, 1.54) is 56.3 Å². The van der Waals surface area contributed by atoms with E-state index in [0.29, 0.717) is 29.9 Å². The van der Waals surface area contributed by atoms with Crippen LogP contribution in [0.15, 0.2) is 18.2 Å². The molecule has 6 atom stereocenters. The molecular weight excluding hydrogens is 440 g/mol. The molecule has 5 fully saturated rings. The van der Waals surface area contributed by atoms with E-state index in [1.807, 2.05) is 0 Å². The molecule has 6 nitrogen and oxygen atoms in total. The minimum Gasteiger partial charge on any atom is -0.497 e. The minimum atomic E-state index is -0.390. The number of rotatable bonds is 6. The Balaban J connectivity index is 1.30. The van der Waals surface area contributed by atoms with E-state index in [9.17, 15) is 9.59 Å². The van der Waals surface area contributed by atoms with Crippen LogP contribution < -0.4 is 4.74 Å². The second-order valence-corrected chi connectivity index (χ2v) is 12.2. The molecule has 0 spiro atoms. The van der Waals surface area contributed by atoms with Crippen molar-refractivity contribution in [2.45, 2.75) is 75.8 Å². The molecule has 6 aliphatic rings. The number of ether oxygens (including phenoxy) is 2. The number of benzene rings is 1. The summed E-state index contributed by atoms with van der Waals surface area (Å²) in [6.07, 6.45) is 8.52. The van der Waals surface area contributed by atoms with Crippen LogP contribution in [0.3, 0.4) is 0 Å². The Kier molecular flexibility index (Phi) is 4.88. The maximum Gasteiger partial charge on any atom is 0.315 e. The van der Waals surface area contributed by atoms with Crippen LogP contribution in [-0.4, -0.2) is 67.1 Å². The van der Waals surface area contributed by atoms with E-state index in [-0.39, 0.29) is 29.8 Å². The zero-order valence-electron chi connectivity index (χ0n) is 21.1. The number of esters is 1. The van der Waals surface area contributed by atoms with Crippen LogP contribution in [0.5, 0.6) is 5.75 Å². The second kappa shape index (κ2) is 7.71. The largest absolute Gasteiger partial charge is 0.497 e. The number of likely N-dealkylation sites (tertiary alicyclic amines) is 2. The first-order valence-corrected chi connectivity index (χ1v) is 13.9. The number of piperidine rings is 1. The van der Waals surface area contributed by atoms with E-state index in [4.69, 9.17) is 9.47 Å². The van der Waals surface area contributed by atoms with E-state index in [2.05, 4.69) is 28.0 Å². The Morgan fingerprint density at radius 3 is 2.80 bits per heavy atom. The van der Waals surface area contributed by atoms with E-state index < -0.39 is 0 Å². The van der Waals surface area contributed by atoms with Crippen LogP contribution in [0.2, 0.25) is 0 Å². The highest BCUT2D eigenvalue weighted by molar-refractivity contribution is 5.94. The van der Waals surface area contributed by atoms with Gasteiger partial charge in [0.15, 0.2) is 0 Å². The molecule has 1 aromatic carbocycles. The smallest absolute Gasteiger partial charge is 0.315 e. The Morgan fingerprint density at radius 1 is 1.17 bits per heavy atom. The van der Waals surface area contributed by atoms with Crippen LogP contribution in [0, 0.1) is 23.2 Å². The van der Waals surface area contributed by atoms with Gasteiger partial charge in [0.2, 0.25) is 5.91 Å². The predicted molar refractivity (Wildman–Crippen MR) is 131 cm³/mol. The third-order valence-corrected chi connectivity index (χ3v) is 10.9. The molecule has 2 saturated heterocycles. The maximum absolute atomic E-state index is 13.3. The molecule has 0 radical (unpaired) electrons. The quantitative estimate of drug-likeness (QED) is 0.462. The molecule has 35 heavy (non-hydrogen) atoms. The van der Waals surface area contributed by atoms with Gasteiger partial charge in [-0.25, -0.2) is 0 Å². The van der Waals surface area contributed by atoms with Gasteiger partial charge in [-0.15, -0.1) is 0 Å². The van der Waals surface area contributed by atoms with Gasteiger partial charge in [-0.2, -0.15) is 0 Å². The Bertz CT molecular complexity index is 1070. The molecule has 4 aliphatic carbocycles. The molecule has 6 heteroatoms. The van der Waals surface area contributed by atoms with Crippen molar-refractivity contribution in [1.29, 1.82) is 0 Å². The van der Waals surface area contributed by atoms with Gasteiger partial charge in [0.05, 0.1) is 13.7 Å². The van der Waals surface area contributed by atoms with Crippen molar-refractivity contribution in [3.63, 3.8) is 0 Å². The summed E-state index contributed by atoms with van der Waals surface area (Å²) in [4.78, 5) is 30.4. The number of fused-ring (bicyclic) bond motifs is 1. The van der Waals surface area contributed by atoms with Crippen molar-refractivity contribution in [3.8, 4) is 5.75 Å². The molecule has 0 aromatic heterocycles. The molecule has 4 bridgehead atoms. The van der Waals surface area contributed by atoms with Crippen molar-refractivity contribution in [2.24, 2.45) is 23.2 Å². The lowest BCUT2D eigenvalue weighted by Gasteiger charge is -2.66. The monoisotopic (exact) mass is 478 g/mol. The zero-order valence-corrected chi connectivity index (χ0v) is 21.1. The van der Waals surface area contributed by atoms with Gasteiger partial charge < -0.3 is 14.4 Å². The Morgan fingerprint density at radius 2 is 2.03 bits per heavy atom. The number of nitrogens with zero attached hydrogens (tertiary/aromatic N) is 2. The molecule has 1 aromatic rings. The van der Waals surface area contributed by atoms with Gasteiger partial charge in [0, 0.05) is 30.6 Å². The van der Waals surface area contributed by atoms with Crippen molar-refractivity contribution in [1.82, 2.24) is 9.80 Å². The highest BCUT2D eigenvalue weighted by Gasteiger charge is 2.76. The van der Waals surface area contributed by atoms with Crippen LogP contribution in [0.1, 0.15) is 63.0 Å². The first-order chi connectivity index (χ1) is 17.0. The van der Waals surface area contributed by atoms with Crippen molar-refractivity contribution < 1.29 is 19.1 Å². The molecule has 1 amide bonds. The fourth-order valence-electron chi connectivity index (χ4n) is 9.79. The standard InChI is InChI=1S/C29H38N2O4/c1-3-35-26(33)14-25(32)31-17-20-15-28-9-8-23(31)27(20)29(28)10-11-30(16-18-4-5-18)24(28)12-19-6-7-21(34-2)13-22(19)29/h6-7,13,18,20,23-24,27H,3-5,8-12,14-17H2,1-2H3/t20-,23?,24?,27?,28?,29?/m1/s1. The van der Waals surface area contributed by atoms with Gasteiger partial charge in [0.25, 0.3) is 0 Å². The highest BCUT2D eigenvalue weighted by Crippen LogP contribution is 2.75. The van der Waals surface area contributed by atoms with Crippen LogP contribution in [-0.2, 0) is 26.2 Å². The lowest BCUT2D eigenvalue weighted by molar-refractivity contribution is -0.151. The summed E-state index contributed by atoms with van der Waals surface area (Å²) in [5.74, 6) is 2.45. The van der Waals surface area contributed by atoms with Gasteiger partial charge in [-0.1, -0.05) is 6.07 Å². The SMILES string of the molecule is CCOC(=O)CC(=O)N1C[C@H]2CC34CCC1C2C31CCN(CC2CC2)C4Cc2ccc(OC)cc21. The average Bonchev–Trinajstić information content (AvgIpc) is 3.53. The van der Waals surface area contributed by atoms with E-state index in [1.54, 1.807) is 14.0 Å². The van der Waals surface area contributed by atoms with Crippen molar-refractivity contribution >= 4 is 11.9 Å². The second-order valence-electron chi connectivity index (χ2n) is 12.2. The number of methoxy groups -OCH3 is 1. The number of carbonyl (C=O) groups excluding carboxylic acids is 2. The summed E-state index contributed by atoms with van der Waals surface area (Å²) < 4.78 is 10.8. The molecule has 3 saturated carbocycles. The summed E-state index contributed by atoms with van der Waals surface area (Å²) in [7, 11) is 1.77. The fourth-order valence-corrected chi connectivity index (χ4v) is 9.79. The molecule has 188 valence electrons. The van der Waals surface area contributed by atoms with Crippen LogP contribution in [0.4, 0.5) is 0 Å². The van der Waals surface area contributed by atoms with Gasteiger partial charge in [0.1, 0.15) is 12.2 Å². The summed E-state index contributed by atoms with van der Waals surface area (Å²) >= 11 is 0. The maximum atomic E-state index is 13.3. The zero-order chi connectivity index (χ0) is 23.9. The van der Waals surface area contributed by atoms with Gasteiger partial charge >= 0.3 is 5.97 Å². The normalized spacial score (nSPS) is 38.6. The van der Waals surface area contributed by atoms with E-state index in [0.717, 1.165) is 31.1 Å². The topological polar surface area (TPSA) is 59.1 Å². The number of hydrogen-bond donors (Lipinski definition) is 0. The summed E-state index contributed by atoms with van der Waals surface area (Å²) in [6.45, 7) is 5.38. The number of hydrogen-bond acceptors (Lipinski definition) is 5. The first-order valence-electron chi connectivity index (χ1n) is 13.9.